The monoisotopic (exact) mass is 448 g/mol. The number of halogens is 1. The minimum Gasteiger partial charge on any atom is -0.478 e. The molecule has 148 valence electrons. The second-order valence-corrected chi connectivity index (χ2v) is 7.36. The van der Waals surface area contributed by atoms with Crippen LogP contribution in [0.3, 0.4) is 0 Å². The fraction of sp³-hybridized carbons (Fsp3) is 0.300. The van der Waals surface area contributed by atoms with Gasteiger partial charge in [0.25, 0.3) is 5.91 Å². The van der Waals surface area contributed by atoms with E-state index < -0.39 is 5.97 Å². The number of anilines is 2. The first-order valence-electron chi connectivity index (χ1n) is 8.79. The van der Waals surface area contributed by atoms with E-state index in [2.05, 4.69) is 21.2 Å². The van der Waals surface area contributed by atoms with Crippen LogP contribution in [0.15, 0.2) is 46.9 Å². The summed E-state index contributed by atoms with van der Waals surface area (Å²) in [6, 6.07) is 11.7. The van der Waals surface area contributed by atoms with Crippen LogP contribution in [0.2, 0.25) is 0 Å². The highest BCUT2D eigenvalue weighted by Crippen LogP contribution is 2.25. The number of ether oxygens (including phenoxy) is 2. The molecule has 28 heavy (non-hydrogen) atoms. The third-order valence-corrected chi connectivity index (χ3v) is 4.89. The number of hydrogen-bond donors (Lipinski definition) is 2. The Hall–Kier alpha value is -2.42. The number of amides is 1. The molecule has 1 aliphatic rings. The van der Waals surface area contributed by atoms with E-state index in [4.69, 9.17) is 9.47 Å². The van der Waals surface area contributed by atoms with Gasteiger partial charge in [-0.1, -0.05) is 15.9 Å². The standard InChI is InChI=1S/C20H21BrN2O5/c1-23(11-16-12-27-8-9-28-16)18-7-6-15(10-17(18)20(25)26)22-19(24)13-2-4-14(21)5-3-13/h2-7,10,16H,8-9,11-12H2,1H3,(H,22,24)(H,25,26)/t16-/m1/s1. The van der Waals surface area contributed by atoms with Crippen LogP contribution in [0.4, 0.5) is 11.4 Å². The van der Waals surface area contributed by atoms with E-state index >= 15 is 0 Å². The van der Waals surface area contributed by atoms with E-state index in [0.717, 1.165) is 4.47 Å². The zero-order valence-electron chi connectivity index (χ0n) is 15.4. The maximum absolute atomic E-state index is 12.4. The highest BCUT2D eigenvalue weighted by atomic mass is 79.9. The number of rotatable bonds is 6. The first-order chi connectivity index (χ1) is 13.4. The fourth-order valence-corrected chi connectivity index (χ4v) is 3.23. The molecule has 1 atom stereocenters. The van der Waals surface area contributed by atoms with Crippen LogP contribution in [0.1, 0.15) is 20.7 Å². The number of benzene rings is 2. The predicted molar refractivity (Wildman–Crippen MR) is 109 cm³/mol. The maximum atomic E-state index is 12.4. The molecule has 0 spiro atoms. The molecule has 2 N–H and O–H groups in total. The molecule has 1 heterocycles. The molecule has 1 fully saturated rings. The SMILES string of the molecule is CN(C[C@@H]1COCCO1)c1ccc(NC(=O)c2ccc(Br)cc2)cc1C(=O)O. The molecule has 0 aromatic heterocycles. The van der Waals surface area contributed by atoms with Crippen molar-refractivity contribution < 1.29 is 24.2 Å². The summed E-state index contributed by atoms with van der Waals surface area (Å²) in [6.45, 7) is 2.09. The lowest BCUT2D eigenvalue weighted by atomic mass is 10.1. The number of carboxylic acid groups (broad SMARTS) is 1. The van der Waals surface area contributed by atoms with Gasteiger partial charge in [-0.25, -0.2) is 4.79 Å². The van der Waals surface area contributed by atoms with Crippen molar-refractivity contribution >= 4 is 39.2 Å². The quantitative estimate of drug-likeness (QED) is 0.704. The van der Waals surface area contributed by atoms with Gasteiger partial charge >= 0.3 is 5.97 Å². The Kier molecular flexibility index (Phi) is 6.66. The lowest BCUT2D eigenvalue weighted by Gasteiger charge is -2.29. The maximum Gasteiger partial charge on any atom is 0.337 e. The smallest absolute Gasteiger partial charge is 0.337 e. The third-order valence-electron chi connectivity index (χ3n) is 4.36. The van der Waals surface area contributed by atoms with Gasteiger partial charge in [-0.3, -0.25) is 4.79 Å². The van der Waals surface area contributed by atoms with Crippen molar-refractivity contribution in [1.82, 2.24) is 0 Å². The molecular formula is C20H21BrN2O5. The molecule has 2 aromatic rings. The molecule has 0 bridgehead atoms. The van der Waals surface area contributed by atoms with Gasteiger partial charge < -0.3 is 24.8 Å². The van der Waals surface area contributed by atoms with Gasteiger partial charge in [0.1, 0.15) is 0 Å². The third kappa shape index (κ3) is 5.09. The van der Waals surface area contributed by atoms with Crippen molar-refractivity contribution in [3.8, 4) is 0 Å². The molecule has 1 aliphatic heterocycles. The molecule has 1 saturated heterocycles. The van der Waals surface area contributed by atoms with Crippen LogP contribution in [0, 0.1) is 0 Å². The molecule has 1 amide bonds. The van der Waals surface area contributed by atoms with Gasteiger partial charge in [0.15, 0.2) is 0 Å². The predicted octanol–water partition coefficient (Wildman–Crippen LogP) is 3.25. The van der Waals surface area contributed by atoms with Gasteiger partial charge in [-0.05, 0) is 42.5 Å². The lowest BCUT2D eigenvalue weighted by Crippen LogP contribution is -2.38. The number of carbonyl (C=O) groups is 2. The number of hydrogen-bond acceptors (Lipinski definition) is 5. The van der Waals surface area contributed by atoms with Crippen molar-refractivity contribution in [2.24, 2.45) is 0 Å². The summed E-state index contributed by atoms with van der Waals surface area (Å²) in [5, 5.41) is 12.4. The van der Waals surface area contributed by atoms with Crippen LogP contribution < -0.4 is 10.2 Å². The molecule has 7 nitrogen and oxygen atoms in total. The number of carboxylic acids is 1. The minimum absolute atomic E-state index is 0.104. The average Bonchev–Trinajstić information content (AvgIpc) is 2.69. The minimum atomic E-state index is -1.07. The van der Waals surface area contributed by atoms with E-state index in [1.807, 2.05) is 4.90 Å². The molecule has 8 heteroatoms. The van der Waals surface area contributed by atoms with Crippen molar-refractivity contribution in [3.05, 3.63) is 58.1 Å². The van der Waals surface area contributed by atoms with E-state index in [0.29, 0.717) is 43.3 Å². The van der Waals surface area contributed by atoms with Crippen LogP contribution in [-0.2, 0) is 9.47 Å². The van der Waals surface area contributed by atoms with Crippen LogP contribution in [0.25, 0.3) is 0 Å². The number of likely N-dealkylation sites (N-methyl/N-ethyl adjacent to an activating group) is 1. The van der Waals surface area contributed by atoms with Crippen molar-refractivity contribution in [1.29, 1.82) is 0 Å². The zero-order valence-corrected chi connectivity index (χ0v) is 16.9. The van der Waals surface area contributed by atoms with Crippen molar-refractivity contribution in [3.63, 3.8) is 0 Å². The Labute approximate surface area is 171 Å². The normalized spacial score (nSPS) is 16.4. The Bertz CT molecular complexity index is 850. The molecule has 0 radical (unpaired) electrons. The topological polar surface area (TPSA) is 88.1 Å². The number of nitrogens with zero attached hydrogens (tertiary/aromatic N) is 1. The summed E-state index contributed by atoms with van der Waals surface area (Å²) in [4.78, 5) is 26.0. The van der Waals surface area contributed by atoms with E-state index in [1.54, 1.807) is 43.4 Å². The summed E-state index contributed by atoms with van der Waals surface area (Å²) < 4.78 is 11.9. The molecule has 2 aromatic carbocycles. The lowest BCUT2D eigenvalue weighted by molar-refractivity contribution is -0.0837. The molecule has 0 saturated carbocycles. The van der Waals surface area contributed by atoms with E-state index in [1.165, 1.54) is 6.07 Å². The molecule has 0 aliphatic carbocycles. The first-order valence-corrected chi connectivity index (χ1v) is 9.58. The van der Waals surface area contributed by atoms with E-state index in [-0.39, 0.29) is 17.6 Å². The largest absolute Gasteiger partial charge is 0.478 e. The molecule has 0 unspecified atom stereocenters. The first kappa shape index (κ1) is 20.3. The van der Waals surface area contributed by atoms with Crippen molar-refractivity contribution in [2.45, 2.75) is 6.10 Å². The Morgan fingerprint density at radius 2 is 1.96 bits per heavy atom. The fourth-order valence-electron chi connectivity index (χ4n) is 2.97. The Morgan fingerprint density at radius 3 is 2.61 bits per heavy atom. The highest BCUT2D eigenvalue weighted by molar-refractivity contribution is 9.10. The van der Waals surface area contributed by atoms with Gasteiger partial charge in [-0.2, -0.15) is 0 Å². The second-order valence-electron chi connectivity index (χ2n) is 6.45. The van der Waals surface area contributed by atoms with Gasteiger partial charge in [0.05, 0.1) is 37.2 Å². The summed E-state index contributed by atoms with van der Waals surface area (Å²) in [7, 11) is 1.81. The van der Waals surface area contributed by atoms with Gasteiger partial charge in [-0.15, -0.1) is 0 Å². The van der Waals surface area contributed by atoms with Gasteiger partial charge in [0, 0.05) is 29.3 Å². The highest BCUT2D eigenvalue weighted by Gasteiger charge is 2.20. The number of nitrogens with one attached hydrogen (secondary N) is 1. The van der Waals surface area contributed by atoms with Crippen LogP contribution in [-0.4, -0.2) is 56.5 Å². The Balaban J connectivity index is 1.75. The van der Waals surface area contributed by atoms with Crippen molar-refractivity contribution in [2.75, 3.05) is 43.6 Å². The van der Waals surface area contributed by atoms with Crippen LogP contribution in [0.5, 0.6) is 0 Å². The van der Waals surface area contributed by atoms with Gasteiger partial charge in [0.2, 0.25) is 0 Å². The summed E-state index contributed by atoms with van der Waals surface area (Å²) in [6.07, 6.45) is -0.114. The van der Waals surface area contributed by atoms with E-state index in [9.17, 15) is 14.7 Å². The summed E-state index contributed by atoms with van der Waals surface area (Å²) in [5.74, 6) is -1.37. The molecule has 3 rings (SSSR count). The number of carbonyl (C=O) groups excluding carboxylic acids is 1. The number of aromatic carboxylic acids is 1. The summed E-state index contributed by atoms with van der Waals surface area (Å²) >= 11 is 3.33. The summed E-state index contributed by atoms with van der Waals surface area (Å²) in [5.41, 5.74) is 1.55. The zero-order chi connectivity index (χ0) is 20.1. The van der Waals surface area contributed by atoms with Crippen LogP contribution >= 0.6 is 15.9 Å². The average molecular weight is 449 g/mol. The molecular weight excluding hydrogens is 428 g/mol. The second kappa shape index (κ2) is 9.18. The Morgan fingerprint density at radius 1 is 1.21 bits per heavy atom.